The second kappa shape index (κ2) is 12.1. The molecule has 0 radical (unpaired) electrons. The van der Waals surface area contributed by atoms with Crippen molar-refractivity contribution in [1.82, 2.24) is 20.5 Å². The second-order valence-corrected chi connectivity index (χ2v) is 12.0. The van der Waals surface area contributed by atoms with Crippen LogP contribution >= 0.6 is 11.3 Å². The fourth-order valence-corrected chi connectivity index (χ4v) is 5.59. The standard InChI is InChI=1S/C30H36N4O4S/c1-19-26(39-18-32-19)22-12-10-21(11-13-22)16-31-28(37)24-15-23(35)17-34(24)29(38)27(30(2,3)4)33-25(36)14-20-8-6-5-7-9-20/h5-13,18,23-24,27,35H,14-17H2,1-4H3,(H,31,37)(H,33,36)/t23-,24+,27?/m1/s1. The molecule has 0 bridgehead atoms. The molecule has 0 saturated carbocycles. The van der Waals surface area contributed by atoms with Gasteiger partial charge in [-0.25, -0.2) is 4.98 Å². The van der Waals surface area contributed by atoms with Gasteiger partial charge in [-0.15, -0.1) is 11.3 Å². The second-order valence-electron chi connectivity index (χ2n) is 11.1. The predicted octanol–water partition coefficient (Wildman–Crippen LogP) is 3.47. The molecule has 8 nitrogen and oxygen atoms in total. The molecule has 2 aromatic carbocycles. The van der Waals surface area contributed by atoms with Crippen LogP contribution in [0.2, 0.25) is 0 Å². The third-order valence-electron chi connectivity index (χ3n) is 6.92. The van der Waals surface area contributed by atoms with Crippen molar-refractivity contribution in [2.24, 2.45) is 5.41 Å². The van der Waals surface area contributed by atoms with Gasteiger partial charge in [-0.2, -0.15) is 0 Å². The lowest BCUT2D eigenvalue weighted by atomic mass is 9.85. The number of amides is 3. The molecule has 9 heteroatoms. The number of carbonyl (C=O) groups is 3. The number of aliphatic hydroxyl groups is 1. The van der Waals surface area contributed by atoms with E-state index in [1.165, 1.54) is 4.90 Å². The molecule has 2 heterocycles. The highest BCUT2D eigenvalue weighted by atomic mass is 32.1. The number of hydrogen-bond acceptors (Lipinski definition) is 6. The van der Waals surface area contributed by atoms with Crippen LogP contribution in [0.25, 0.3) is 10.4 Å². The summed E-state index contributed by atoms with van der Waals surface area (Å²) in [6.07, 6.45) is -0.517. The first-order valence-corrected chi connectivity index (χ1v) is 14.0. The van der Waals surface area contributed by atoms with E-state index >= 15 is 0 Å². The molecule has 3 atom stereocenters. The van der Waals surface area contributed by atoms with Crippen LogP contribution in [0.3, 0.4) is 0 Å². The number of nitrogens with one attached hydrogen (secondary N) is 2. The molecule has 1 fully saturated rings. The first-order chi connectivity index (χ1) is 18.5. The van der Waals surface area contributed by atoms with Gasteiger partial charge in [0.15, 0.2) is 0 Å². The fourth-order valence-electron chi connectivity index (χ4n) is 4.77. The summed E-state index contributed by atoms with van der Waals surface area (Å²) in [5.41, 5.74) is 5.04. The van der Waals surface area contributed by atoms with Gasteiger partial charge in [-0.05, 0) is 29.0 Å². The smallest absolute Gasteiger partial charge is 0.246 e. The number of aryl methyl sites for hydroxylation is 1. The van der Waals surface area contributed by atoms with Gasteiger partial charge in [-0.1, -0.05) is 75.4 Å². The van der Waals surface area contributed by atoms with Gasteiger partial charge in [0.05, 0.1) is 28.6 Å². The predicted molar refractivity (Wildman–Crippen MR) is 152 cm³/mol. The third kappa shape index (κ3) is 7.10. The average molecular weight is 549 g/mol. The van der Waals surface area contributed by atoms with Crippen LogP contribution < -0.4 is 10.6 Å². The van der Waals surface area contributed by atoms with Crippen LogP contribution in [-0.2, 0) is 27.3 Å². The molecule has 3 N–H and O–H groups in total. The van der Waals surface area contributed by atoms with Crippen LogP contribution in [0.4, 0.5) is 0 Å². The van der Waals surface area contributed by atoms with Crippen LogP contribution in [0.1, 0.15) is 44.0 Å². The molecule has 1 aliphatic rings. The molecular weight excluding hydrogens is 512 g/mol. The van der Waals surface area contributed by atoms with E-state index in [0.717, 1.165) is 27.3 Å². The maximum absolute atomic E-state index is 13.7. The average Bonchev–Trinajstić information content (AvgIpc) is 3.51. The molecule has 0 aliphatic carbocycles. The number of carbonyl (C=O) groups excluding carboxylic acids is 3. The zero-order chi connectivity index (χ0) is 28.2. The van der Waals surface area contributed by atoms with Gasteiger partial charge in [-0.3, -0.25) is 14.4 Å². The number of β-amino-alcohol motifs (C(OH)–C–C–N with tert-alkyl or cyclic N) is 1. The van der Waals surface area contributed by atoms with Gasteiger partial charge < -0.3 is 20.6 Å². The normalized spacial score (nSPS) is 18.0. The maximum atomic E-state index is 13.7. The van der Waals surface area contributed by atoms with Crippen molar-refractivity contribution in [3.8, 4) is 10.4 Å². The summed E-state index contributed by atoms with van der Waals surface area (Å²) in [6, 6.07) is 15.6. The Hall–Kier alpha value is -3.56. The third-order valence-corrected chi connectivity index (χ3v) is 7.90. The van der Waals surface area contributed by atoms with Crippen LogP contribution in [0, 0.1) is 12.3 Å². The lowest BCUT2D eigenvalue weighted by molar-refractivity contribution is -0.144. The molecule has 1 aromatic heterocycles. The lowest BCUT2D eigenvalue weighted by Gasteiger charge is -2.35. The highest BCUT2D eigenvalue weighted by Crippen LogP contribution is 2.28. The first kappa shape index (κ1) is 28.4. The fraction of sp³-hybridized carbons (Fsp3) is 0.400. The van der Waals surface area contributed by atoms with Crippen molar-refractivity contribution in [2.45, 2.75) is 65.3 Å². The minimum Gasteiger partial charge on any atom is -0.391 e. The summed E-state index contributed by atoms with van der Waals surface area (Å²) in [4.78, 5) is 46.6. The van der Waals surface area contributed by atoms with Gasteiger partial charge in [0, 0.05) is 19.5 Å². The van der Waals surface area contributed by atoms with Crippen molar-refractivity contribution in [3.63, 3.8) is 0 Å². The van der Waals surface area contributed by atoms with Crippen molar-refractivity contribution in [2.75, 3.05) is 6.54 Å². The Morgan fingerprint density at radius 1 is 1.08 bits per heavy atom. The van der Waals surface area contributed by atoms with E-state index in [1.807, 2.05) is 87.8 Å². The van der Waals surface area contributed by atoms with E-state index in [1.54, 1.807) is 11.3 Å². The Kier molecular flexibility index (Phi) is 8.82. The van der Waals surface area contributed by atoms with Crippen LogP contribution in [0.15, 0.2) is 60.1 Å². The zero-order valence-corrected chi connectivity index (χ0v) is 23.6. The van der Waals surface area contributed by atoms with Crippen molar-refractivity contribution < 1.29 is 19.5 Å². The molecule has 0 spiro atoms. The van der Waals surface area contributed by atoms with Gasteiger partial charge in [0.25, 0.3) is 0 Å². The number of aliphatic hydroxyl groups excluding tert-OH is 1. The molecule has 1 saturated heterocycles. The minimum absolute atomic E-state index is 0.0426. The molecule has 3 aromatic rings. The van der Waals surface area contributed by atoms with E-state index in [2.05, 4.69) is 15.6 Å². The number of likely N-dealkylation sites (tertiary alicyclic amines) is 1. The van der Waals surface area contributed by atoms with Crippen molar-refractivity contribution >= 4 is 29.1 Å². The molecule has 4 rings (SSSR count). The van der Waals surface area contributed by atoms with E-state index in [9.17, 15) is 19.5 Å². The zero-order valence-electron chi connectivity index (χ0n) is 22.8. The van der Waals surface area contributed by atoms with Gasteiger partial charge >= 0.3 is 0 Å². The van der Waals surface area contributed by atoms with Crippen molar-refractivity contribution in [1.29, 1.82) is 0 Å². The number of thiazole rings is 1. The van der Waals surface area contributed by atoms with Crippen molar-refractivity contribution in [3.05, 3.63) is 76.9 Å². The molecule has 39 heavy (non-hydrogen) atoms. The Bertz CT molecular complexity index is 1300. The Balaban J connectivity index is 1.41. The molecular formula is C30H36N4O4S. The Labute approximate surface area is 233 Å². The SMILES string of the molecule is Cc1ncsc1-c1ccc(CNC(=O)[C@@H]2C[C@@H](O)CN2C(=O)C(NC(=O)Cc2ccccc2)C(C)(C)C)cc1. The van der Waals surface area contributed by atoms with E-state index in [4.69, 9.17) is 0 Å². The van der Waals surface area contributed by atoms with Crippen LogP contribution in [0.5, 0.6) is 0 Å². The number of aromatic nitrogens is 1. The lowest BCUT2D eigenvalue weighted by Crippen LogP contribution is -2.58. The molecule has 3 amide bonds. The highest BCUT2D eigenvalue weighted by Gasteiger charge is 2.44. The summed E-state index contributed by atoms with van der Waals surface area (Å²) >= 11 is 1.59. The summed E-state index contributed by atoms with van der Waals surface area (Å²) < 4.78 is 0. The minimum atomic E-state index is -0.850. The Morgan fingerprint density at radius 3 is 2.38 bits per heavy atom. The quantitative estimate of drug-likeness (QED) is 0.399. The number of benzene rings is 2. The topological polar surface area (TPSA) is 112 Å². The highest BCUT2D eigenvalue weighted by molar-refractivity contribution is 7.13. The van der Waals surface area contributed by atoms with E-state index in [-0.39, 0.29) is 37.1 Å². The maximum Gasteiger partial charge on any atom is 0.246 e. The largest absolute Gasteiger partial charge is 0.391 e. The number of rotatable bonds is 8. The summed E-state index contributed by atoms with van der Waals surface area (Å²) in [6.45, 7) is 7.93. The van der Waals surface area contributed by atoms with Gasteiger partial charge in [0.2, 0.25) is 17.7 Å². The van der Waals surface area contributed by atoms with E-state index in [0.29, 0.717) is 6.54 Å². The van der Waals surface area contributed by atoms with E-state index < -0.39 is 23.6 Å². The summed E-state index contributed by atoms with van der Waals surface area (Å²) in [5, 5.41) is 16.2. The first-order valence-electron chi connectivity index (χ1n) is 13.1. The summed E-state index contributed by atoms with van der Waals surface area (Å²) in [5.74, 6) is -0.970. The number of nitrogens with zero attached hydrogens (tertiary/aromatic N) is 2. The van der Waals surface area contributed by atoms with Gasteiger partial charge in [0.1, 0.15) is 12.1 Å². The van der Waals surface area contributed by atoms with Crippen LogP contribution in [-0.4, -0.2) is 57.4 Å². The summed E-state index contributed by atoms with van der Waals surface area (Å²) in [7, 11) is 0. The molecule has 1 aliphatic heterocycles. The number of hydrogen-bond donors (Lipinski definition) is 3. The monoisotopic (exact) mass is 548 g/mol. The Morgan fingerprint density at radius 2 is 1.77 bits per heavy atom. The molecule has 206 valence electrons. The molecule has 1 unspecified atom stereocenters.